The highest BCUT2D eigenvalue weighted by Gasteiger charge is 2.21. The molecule has 7 heteroatoms. The van der Waals surface area contributed by atoms with Gasteiger partial charge in [0.2, 0.25) is 5.91 Å². The Labute approximate surface area is 188 Å². The smallest absolute Gasteiger partial charge is 0.254 e. The van der Waals surface area contributed by atoms with Crippen molar-refractivity contribution in [1.29, 1.82) is 0 Å². The average molecular weight is 433 g/mol. The monoisotopic (exact) mass is 432 g/mol. The summed E-state index contributed by atoms with van der Waals surface area (Å²) < 4.78 is 5.37. The number of pyridine rings is 1. The van der Waals surface area contributed by atoms with Gasteiger partial charge in [-0.25, -0.2) is 4.98 Å². The Morgan fingerprint density at radius 2 is 1.78 bits per heavy atom. The quantitative estimate of drug-likeness (QED) is 0.621. The van der Waals surface area contributed by atoms with Gasteiger partial charge in [-0.2, -0.15) is 0 Å². The minimum atomic E-state index is -0.0198. The number of nitrogens with one attached hydrogen (secondary N) is 1. The van der Waals surface area contributed by atoms with Crippen LogP contribution in [0.4, 0.5) is 5.82 Å². The van der Waals surface area contributed by atoms with Crippen LogP contribution >= 0.6 is 0 Å². The van der Waals surface area contributed by atoms with Gasteiger partial charge in [0.15, 0.2) is 0 Å². The molecule has 1 N–H and O–H groups in total. The Kier molecular flexibility index (Phi) is 6.97. The van der Waals surface area contributed by atoms with Crippen molar-refractivity contribution >= 4 is 28.5 Å². The molecule has 1 fully saturated rings. The summed E-state index contributed by atoms with van der Waals surface area (Å²) in [6, 6.07) is 19.3. The molecular formula is C25H28N4O3. The fraction of sp³-hybridized carbons (Fsp3) is 0.320. The van der Waals surface area contributed by atoms with Crippen LogP contribution in [0.3, 0.4) is 0 Å². The van der Waals surface area contributed by atoms with Gasteiger partial charge in [0.1, 0.15) is 5.82 Å². The number of ether oxygens (including phenoxy) is 1. The number of hydrogen-bond donors (Lipinski definition) is 1. The highest BCUT2D eigenvalue weighted by Crippen LogP contribution is 2.23. The van der Waals surface area contributed by atoms with Crippen molar-refractivity contribution in [3.8, 4) is 0 Å². The van der Waals surface area contributed by atoms with Crippen LogP contribution in [-0.4, -0.2) is 66.5 Å². The number of amides is 2. The molecule has 1 aliphatic heterocycles. The zero-order valence-electron chi connectivity index (χ0n) is 18.3. The molecule has 1 aromatic heterocycles. The van der Waals surface area contributed by atoms with E-state index in [-0.39, 0.29) is 11.8 Å². The number of rotatable bonds is 7. The first-order chi connectivity index (χ1) is 15.6. The molecule has 166 valence electrons. The summed E-state index contributed by atoms with van der Waals surface area (Å²) in [7, 11) is 1.81. The van der Waals surface area contributed by atoms with Crippen LogP contribution in [0, 0.1) is 0 Å². The van der Waals surface area contributed by atoms with Crippen molar-refractivity contribution < 1.29 is 14.3 Å². The number of anilines is 1. The first-order valence-electron chi connectivity index (χ1n) is 10.9. The lowest BCUT2D eigenvalue weighted by Crippen LogP contribution is -2.40. The third-order valence-corrected chi connectivity index (χ3v) is 5.58. The van der Waals surface area contributed by atoms with Crippen LogP contribution in [-0.2, 0) is 16.1 Å². The number of carbonyl (C=O) groups is 2. The largest absolute Gasteiger partial charge is 0.378 e. The summed E-state index contributed by atoms with van der Waals surface area (Å²) in [4.78, 5) is 33.9. The standard InChI is InChI=1S/C25H28N4O3/c1-28(18-19-7-3-2-4-8-19)24(30)11-12-26-23-17-21(20-9-5-6-10-22(20)27-23)25(31)29-13-15-32-16-14-29/h2-10,17H,11-16,18H2,1H3,(H,26,27). The molecule has 2 aromatic carbocycles. The zero-order chi connectivity index (χ0) is 22.3. The van der Waals surface area contributed by atoms with Gasteiger partial charge in [-0.15, -0.1) is 0 Å². The van der Waals surface area contributed by atoms with Gasteiger partial charge in [0, 0.05) is 45.0 Å². The summed E-state index contributed by atoms with van der Waals surface area (Å²) in [6.45, 7) is 3.29. The highest BCUT2D eigenvalue weighted by molar-refractivity contribution is 6.07. The first-order valence-corrected chi connectivity index (χ1v) is 10.9. The molecule has 4 rings (SSSR count). The maximum Gasteiger partial charge on any atom is 0.254 e. The third-order valence-electron chi connectivity index (χ3n) is 5.58. The normalized spacial score (nSPS) is 13.7. The average Bonchev–Trinajstić information content (AvgIpc) is 2.84. The predicted molar refractivity (Wildman–Crippen MR) is 124 cm³/mol. The summed E-state index contributed by atoms with van der Waals surface area (Å²) in [5.74, 6) is 0.624. The second-order valence-corrected chi connectivity index (χ2v) is 7.89. The molecule has 1 aliphatic rings. The molecule has 0 bridgehead atoms. The highest BCUT2D eigenvalue weighted by atomic mass is 16.5. The fourth-order valence-corrected chi connectivity index (χ4v) is 3.81. The predicted octanol–water partition coefficient (Wildman–Crippen LogP) is 3.17. The minimum Gasteiger partial charge on any atom is -0.378 e. The van der Waals surface area contributed by atoms with E-state index in [0.717, 1.165) is 16.5 Å². The number of hydrogen-bond acceptors (Lipinski definition) is 5. The van der Waals surface area contributed by atoms with Gasteiger partial charge in [-0.05, 0) is 17.7 Å². The second-order valence-electron chi connectivity index (χ2n) is 7.89. The first kappa shape index (κ1) is 21.8. The molecule has 0 atom stereocenters. The van der Waals surface area contributed by atoms with Crippen LogP contribution < -0.4 is 5.32 Å². The molecule has 2 amide bonds. The van der Waals surface area contributed by atoms with Crippen LogP contribution in [0.2, 0.25) is 0 Å². The lowest BCUT2D eigenvalue weighted by Gasteiger charge is -2.27. The van der Waals surface area contributed by atoms with E-state index in [9.17, 15) is 9.59 Å². The van der Waals surface area contributed by atoms with E-state index in [1.54, 1.807) is 11.0 Å². The van der Waals surface area contributed by atoms with Gasteiger partial charge >= 0.3 is 0 Å². The van der Waals surface area contributed by atoms with E-state index in [1.807, 2.05) is 66.5 Å². The molecule has 0 aliphatic carbocycles. The number of para-hydroxylation sites is 1. The summed E-state index contributed by atoms with van der Waals surface area (Å²) in [5.41, 5.74) is 2.47. The number of carbonyl (C=O) groups excluding carboxylic acids is 2. The molecule has 0 unspecified atom stereocenters. The molecule has 0 radical (unpaired) electrons. The number of aromatic nitrogens is 1. The fourth-order valence-electron chi connectivity index (χ4n) is 3.81. The molecular weight excluding hydrogens is 404 g/mol. The van der Waals surface area contributed by atoms with Crippen molar-refractivity contribution in [1.82, 2.24) is 14.8 Å². The third kappa shape index (κ3) is 5.23. The van der Waals surface area contributed by atoms with Crippen LogP contribution in [0.1, 0.15) is 22.3 Å². The number of nitrogens with zero attached hydrogens (tertiary/aromatic N) is 3. The number of morpholine rings is 1. The lowest BCUT2D eigenvalue weighted by atomic mass is 10.1. The van der Waals surface area contributed by atoms with E-state index in [4.69, 9.17) is 4.74 Å². The van der Waals surface area contributed by atoms with Crippen molar-refractivity contribution in [2.75, 3.05) is 45.2 Å². The minimum absolute atomic E-state index is 0.0198. The Bertz CT molecular complexity index is 1080. The second kappa shape index (κ2) is 10.2. The van der Waals surface area contributed by atoms with Crippen molar-refractivity contribution in [2.24, 2.45) is 0 Å². The summed E-state index contributed by atoms with van der Waals surface area (Å²) in [5, 5.41) is 4.06. The van der Waals surface area contributed by atoms with E-state index < -0.39 is 0 Å². The Morgan fingerprint density at radius 1 is 1.06 bits per heavy atom. The van der Waals surface area contributed by atoms with E-state index >= 15 is 0 Å². The SMILES string of the molecule is CN(Cc1ccccc1)C(=O)CCNc1cc(C(=O)N2CCOCC2)c2ccccc2n1. The van der Waals surface area contributed by atoms with Gasteiger partial charge in [-0.3, -0.25) is 9.59 Å². The Hall–Kier alpha value is -3.45. The maximum atomic E-state index is 13.2. The maximum absolute atomic E-state index is 13.2. The van der Waals surface area contributed by atoms with Gasteiger partial charge in [0.25, 0.3) is 5.91 Å². The number of fused-ring (bicyclic) bond motifs is 1. The van der Waals surface area contributed by atoms with E-state index in [0.29, 0.717) is 57.2 Å². The molecule has 0 spiro atoms. The molecule has 32 heavy (non-hydrogen) atoms. The topological polar surface area (TPSA) is 74.8 Å². The zero-order valence-corrected chi connectivity index (χ0v) is 18.3. The molecule has 2 heterocycles. The van der Waals surface area contributed by atoms with Gasteiger partial charge < -0.3 is 19.9 Å². The van der Waals surface area contributed by atoms with Crippen LogP contribution in [0.25, 0.3) is 10.9 Å². The lowest BCUT2D eigenvalue weighted by molar-refractivity contribution is -0.130. The van der Waals surface area contributed by atoms with E-state index in [2.05, 4.69) is 10.3 Å². The van der Waals surface area contributed by atoms with Crippen LogP contribution in [0.15, 0.2) is 60.7 Å². The Morgan fingerprint density at radius 3 is 2.56 bits per heavy atom. The van der Waals surface area contributed by atoms with Gasteiger partial charge in [0.05, 0.1) is 24.3 Å². The number of benzene rings is 2. The van der Waals surface area contributed by atoms with Crippen molar-refractivity contribution in [3.05, 3.63) is 71.8 Å². The van der Waals surface area contributed by atoms with Crippen LogP contribution in [0.5, 0.6) is 0 Å². The van der Waals surface area contributed by atoms with Gasteiger partial charge in [-0.1, -0.05) is 48.5 Å². The van der Waals surface area contributed by atoms with E-state index in [1.165, 1.54) is 0 Å². The van der Waals surface area contributed by atoms with Crippen molar-refractivity contribution in [2.45, 2.75) is 13.0 Å². The molecule has 3 aromatic rings. The van der Waals surface area contributed by atoms with Crippen molar-refractivity contribution in [3.63, 3.8) is 0 Å². The molecule has 7 nitrogen and oxygen atoms in total. The summed E-state index contributed by atoms with van der Waals surface area (Å²) in [6.07, 6.45) is 0.338. The molecule has 0 saturated carbocycles. The molecule has 1 saturated heterocycles. The Balaban J connectivity index is 1.42. The summed E-state index contributed by atoms with van der Waals surface area (Å²) >= 11 is 0.